The Labute approximate surface area is 107 Å². The summed E-state index contributed by atoms with van der Waals surface area (Å²) in [5.74, 6) is -0.459. The van der Waals surface area contributed by atoms with Gasteiger partial charge in [-0.25, -0.2) is 4.39 Å². The zero-order chi connectivity index (χ0) is 13.1. The molecule has 0 radical (unpaired) electrons. The van der Waals surface area contributed by atoms with E-state index in [1.165, 1.54) is 12.1 Å². The zero-order valence-electron chi connectivity index (χ0n) is 10.2. The Morgan fingerprint density at radius 3 is 2.59 bits per heavy atom. The number of nitriles is 1. The molecule has 0 N–H and O–H groups in total. The molecule has 1 rings (SSSR count). The van der Waals surface area contributed by atoms with Crippen molar-refractivity contribution in [1.82, 2.24) is 0 Å². The molecule has 0 aliphatic heterocycles. The molecule has 0 bridgehead atoms. The molecule has 0 aromatic heterocycles. The summed E-state index contributed by atoms with van der Waals surface area (Å²) in [4.78, 5) is 0. The molecule has 0 heterocycles. The molecule has 0 amide bonds. The summed E-state index contributed by atoms with van der Waals surface area (Å²) in [7, 11) is 0. The molecule has 17 heavy (non-hydrogen) atoms. The average molecular weight is 252 g/mol. The number of hydrogen-bond donors (Lipinski definition) is 0. The maximum atomic E-state index is 13.6. The summed E-state index contributed by atoms with van der Waals surface area (Å²) in [6, 6.07) is 6.37. The molecule has 0 fully saturated rings. The fourth-order valence-corrected chi connectivity index (χ4v) is 1.49. The second kappa shape index (κ2) is 5.33. The molecular formula is C14H15ClFN. The fourth-order valence-electron chi connectivity index (χ4n) is 1.33. The summed E-state index contributed by atoms with van der Waals surface area (Å²) in [5, 5.41) is 9.38. The van der Waals surface area contributed by atoms with Gasteiger partial charge in [0, 0.05) is 10.6 Å². The Morgan fingerprint density at radius 1 is 1.47 bits per heavy atom. The van der Waals surface area contributed by atoms with E-state index in [1.54, 1.807) is 12.1 Å². The molecule has 1 nitrogen and oxygen atoms in total. The monoisotopic (exact) mass is 251 g/mol. The van der Waals surface area contributed by atoms with E-state index in [9.17, 15) is 4.39 Å². The van der Waals surface area contributed by atoms with Gasteiger partial charge in [-0.2, -0.15) is 5.26 Å². The molecule has 0 atom stereocenters. The minimum Gasteiger partial charge on any atom is -0.206 e. The van der Waals surface area contributed by atoms with Crippen molar-refractivity contribution in [1.29, 1.82) is 5.26 Å². The lowest BCUT2D eigenvalue weighted by atomic mass is 9.90. The fraction of sp³-hybridized carbons (Fsp3) is 0.357. The first-order valence-corrected chi connectivity index (χ1v) is 5.77. The smallest absolute Gasteiger partial charge is 0.133 e. The summed E-state index contributed by atoms with van der Waals surface area (Å²) in [6.45, 7) is 6.20. The van der Waals surface area contributed by atoms with Gasteiger partial charge in [0.15, 0.2) is 0 Å². The zero-order valence-corrected chi connectivity index (χ0v) is 11.0. The highest BCUT2D eigenvalue weighted by Crippen LogP contribution is 2.25. The summed E-state index contributed by atoms with van der Waals surface area (Å²) < 4.78 is 13.6. The average Bonchev–Trinajstić information content (AvgIpc) is 2.19. The third-order valence-corrected chi connectivity index (χ3v) is 2.50. The number of allylic oxidation sites excluding steroid dienone is 2. The van der Waals surface area contributed by atoms with Gasteiger partial charge in [-0.15, -0.1) is 0 Å². The number of nitrogens with zero attached hydrogens (tertiary/aromatic N) is 1. The van der Waals surface area contributed by atoms with Gasteiger partial charge >= 0.3 is 0 Å². The standard InChI is InChI=1S/C14H15ClFN/c1-14(2,3)7-6-10(9-17)12-5-4-11(15)8-13(12)16/h4-6,8H,7H2,1-3H3/b10-6+. The first-order chi connectivity index (χ1) is 7.83. The molecule has 1 aromatic rings. The molecule has 1 aromatic carbocycles. The van der Waals surface area contributed by atoms with Gasteiger partial charge in [-0.3, -0.25) is 0 Å². The lowest BCUT2D eigenvalue weighted by Crippen LogP contribution is -2.02. The quantitative estimate of drug-likeness (QED) is 0.691. The first-order valence-electron chi connectivity index (χ1n) is 5.39. The van der Waals surface area contributed by atoms with Crippen LogP contribution in [0.1, 0.15) is 32.8 Å². The molecule has 0 unspecified atom stereocenters. The van der Waals surface area contributed by atoms with Gasteiger partial charge in [-0.05, 0) is 30.0 Å². The van der Waals surface area contributed by atoms with Gasteiger partial charge in [0.25, 0.3) is 0 Å². The maximum absolute atomic E-state index is 13.6. The molecule has 0 aliphatic carbocycles. The van der Waals surface area contributed by atoms with Crippen molar-refractivity contribution in [2.45, 2.75) is 27.2 Å². The summed E-state index contributed by atoms with van der Waals surface area (Å²) in [6.07, 6.45) is 2.49. The van der Waals surface area contributed by atoms with Crippen molar-refractivity contribution >= 4 is 17.2 Å². The van der Waals surface area contributed by atoms with Crippen molar-refractivity contribution in [2.75, 3.05) is 0 Å². The third kappa shape index (κ3) is 4.20. The van der Waals surface area contributed by atoms with E-state index in [1.807, 2.05) is 6.07 Å². The van der Waals surface area contributed by atoms with E-state index in [0.29, 0.717) is 16.2 Å². The lowest BCUT2D eigenvalue weighted by Gasteiger charge is -2.15. The van der Waals surface area contributed by atoms with Gasteiger partial charge < -0.3 is 0 Å². The maximum Gasteiger partial charge on any atom is 0.133 e. The highest BCUT2D eigenvalue weighted by atomic mass is 35.5. The van der Waals surface area contributed by atoms with Gasteiger partial charge in [0.2, 0.25) is 0 Å². The Bertz CT molecular complexity index is 478. The SMILES string of the molecule is CC(C)(C)C/C=C(\C#N)c1ccc(Cl)cc1F. The van der Waals surface area contributed by atoms with Gasteiger partial charge in [0.05, 0.1) is 11.6 Å². The van der Waals surface area contributed by atoms with Crippen LogP contribution in [-0.2, 0) is 0 Å². The highest BCUT2D eigenvalue weighted by Gasteiger charge is 2.12. The molecule has 0 aliphatic rings. The summed E-state index contributed by atoms with van der Waals surface area (Å²) >= 11 is 5.67. The van der Waals surface area contributed by atoms with Crippen LogP contribution >= 0.6 is 11.6 Å². The largest absolute Gasteiger partial charge is 0.206 e. The van der Waals surface area contributed by atoms with E-state index < -0.39 is 5.82 Å². The van der Waals surface area contributed by atoms with E-state index >= 15 is 0 Å². The third-order valence-electron chi connectivity index (χ3n) is 2.26. The van der Waals surface area contributed by atoms with E-state index in [4.69, 9.17) is 16.9 Å². The number of halogens is 2. The van der Waals surface area contributed by atoms with Gasteiger partial charge in [0.1, 0.15) is 5.82 Å². The van der Waals surface area contributed by atoms with E-state index in [2.05, 4.69) is 20.8 Å². The molecular weight excluding hydrogens is 237 g/mol. The number of rotatable bonds is 2. The van der Waals surface area contributed by atoms with Crippen LogP contribution in [0.3, 0.4) is 0 Å². The van der Waals surface area contributed by atoms with Crippen molar-refractivity contribution in [3.8, 4) is 6.07 Å². The van der Waals surface area contributed by atoms with Crippen molar-refractivity contribution < 1.29 is 4.39 Å². The number of benzene rings is 1. The topological polar surface area (TPSA) is 23.8 Å². The van der Waals surface area contributed by atoms with Crippen LogP contribution in [0.15, 0.2) is 24.3 Å². The van der Waals surface area contributed by atoms with Crippen molar-refractivity contribution in [2.24, 2.45) is 5.41 Å². The molecule has 0 saturated heterocycles. The normalized spacial score (nSPS) is 12.4. The van der Waals surface area contributed by atoms with Crippen LogP contribution in [0.2, 0.25) is 5.02 Å². The van der Waals surface area contributed by atoms with Crippen LogP contribution < -0.4 is 0 Å². The Balaban J connectivity index is 3.07. The second-order valence-corrected chi connectivity index (χ2v) is 5.55. The summed E-state index contributed by atoms with van der Waals surface area (Å²) in [5.41, 5.74) is 0.737. The lowest BCUT2D eigenvalue weighted by molar-refractivity contribution is 0.421. The number of hydrogen-bond acceptors (Lipinski definition) is 1. The van der Waals surface area contributed by atoms with E-state index in [0.717, 1.165) is 6.42 Å². The predicted molar refractivity (Wildman–Crippen MR) is 69.1 cm³/mol. The van der Waals surface area contributed by atoms with Crippen molar-refractivity contribution in [3.05, 3.63) is 40.7 Å². The first kappa shape index (κ1) is 13.7. The molecule has 3 heteroatoms. The molecule has 0 spiro atoms. The van der Waals surface area contributed by atoms with Crippen LogP contribution in [0.25, 0.3) is 5.57 Å². The Morgan fingerprint density at radius 2 is 2.12 bits per heavy atom. The van der Waals surface area contributed by atoms with Crippen LogP contribution in [0.4, 0.5) is 4.39 Å². The highest BCUT2D eigenvalue weighted by molar-refractivity contribution is 6.30. The second-order valence-electron chi connectivity index (χ2n) is 5.12. The van der Waals surface area contributed by atoms with E-state index in [-0.39, 0.29) is 5.41 Å². The van der Waals surface area contributed by atoms with Crippen LogP contribution in [0.5, 0.6) is 0 Å². The van der Waals surface area contributed by atoms with Crippen LogP contribution in [-0.4, -0.2) is 0 Å². The Kier molecular flexibility index (Phi) is 4.31. The van der Waals surface area contributed by atoms with Crippen molar-refractivity contribution in [3.63, 3.8) is 0 Å². The molecule has 90 valence electrons. The predicted octanol–water partition coefficient (Wildman–Crippen LogP) is 4.82. The minimum atomic E-state index is -0.459. The Hall–Kier alpha value is -1.33. The minimum absolute atomic E-state index is 0.0744. The van der Waals surface area contributed by atoms with Crippen LogP contribution in [0, 0.1) is 22.6 Å². The van der Waals surface area contributed by atoms with Gasteiger partial charge in [-0.1, -0.05) is 38.4 Å². The molecule has 0 saturated carbocycles.